The highest BCUT2D eigenvalue weighted by molar-refractivity contribution is 5.40. The number of benzene rings is 1. The summed E-state index contributed by atoms with van der Waals surface area (Å²) in [6.45, 7) is 8.39. The van der Waals surface area contributed by atoms with Crippen molar-refractivity contribution in [3.63, 3.8) is 0 Å². The highest BCUT2D eigenvalue weighted by Crippen LogP contribution is 2.31. The molecule has 1 N–H and O–H groups in total. The maximum atomic E-state index is 10.9. The maximum absolute atomic E-state index is 10.9. The summed E-state index contributed by atoms with van der Waals surface area (Å²) in [7, 11) is 0. The second-order valence-corrected chi connectivity index (χ2v) is 5.21. The van der Waals surface area contributed by atoms with Crippen LogP contribution in [0.15, 0.2) is 36.7 Å². The summed E-state index contributed by atoms with van der Waals surface area (Å²) < 4.78 is 5.45. The van der Waals surface area contributed by atoms with Gasteiger partial charge in [0.25, 0.3) is 0 Å². The number of ether oxygens (including phenoxy) is 1. The second-order valence-electron chi connectivity index (χ2n) is 5.21. The summed E-state index contributed by atoms with van der Waals surface area (Å²) in [6.07, 6.45) is 3.33. The molecule has 1 aromatic carbocycles. The third kappa shape index (κ3) is 2.83. The molecule has 0 aliphatic carbocycles. The number of aliphatic hydroxyl groups is 1. The molecule has 0 saturated heterocycles. The molecule has 2 aromatic rings. The average Bonchev–Trinajstić information content (AvgIpc) is 2.42. The lowest BCUT2D eigenvalue weighted by Gasteiger charge is -2.25. The van der Waals surface area contributed by atoms with E-state index in [2.05, 4.69) is 11.9 Å². The standard InChI is InChI=1S/C17H21NO2/c1-5-20-16-9-15(10-18-11-16)17(4,19)14-7-6-12(2)13(3)8-14/h6-11,19H,5H2,1-4H3. The largest absolute Gasteiger partial charge is 0.492 e. The van der Waals surface area contributed by atoms with Gasteiger partial charge in [0.2, 0.25) is 0 Å². The molecule has 1 aromatic heterocycles. The van der Waals surface area contributed by atoms with Gasteiger partial charge in [-0.15, -0.1) is 0 Å². The van der Waals surface area contributed by atoms with Crippen LogP contribution in [0, 0.1) is 13.8 Å². The van der Waals surface area contributed by atoms with E-state index in [-0.39, 0.29) is 0 Å². The lowest BCUT2D eigenvalue weighted by molar-refractivity contribution is 0.101. The van der Waals surface area contributed by atoms with Gasteiger partial charge in [0.1, 0.15) is 11.4 Å². The zero-order valence-corrected chi connectivity index (χ0v) is 12.5. The minimum absolute atomic E-state index is 0.580. The van der Waals surface area contributed by atoms with Crippen molar-refractivity contribution in [2.24, 2.45) is 0 Å². The van der Waals surface area contributed by atoms with Gasteiger partial charge in [-0.25, -0.2) is 0 Å². The monoisotopic (exact) mass is 271 g/mol. The maximum Gasteiger partial charge on any atom is 0.137 e. The molecule has 0 radical (unpaired) electrons. The molecule has 0 spiro atoms. The number of hydrogen-bond donors (Lipinski definition) is 1. The Morgan fingerprint density at radius 2 is 1.85 bits per heavy atom. The molecule has 20 heavy (non-hydrogen) atoms. The lowest BCUT2D eigenvalue weighted by Crippen LogP contribution is -2.23. The molecule has 1 unspecified atom stereocenters. The van der Waals surface area contributed by atoms with E-state index in [4.69, 9.17) is 4.74 Å². The van der Waals surface area contributed by atoms with E-state index in [0.29, 0.717) is 12.4 Å². The first-order valence-corrected chi connectivity index (χ1v) is 6.83. The molecule has 0 aliphatic rings. The molecular weight excluding hydrogens is 250 g/mol. The van der Waals surface area contributed by atoms with E-state index in [1.807, 2.05) is 38.1 Å². The van der Waals surface area contributed by atoms with Crippen molar-refractivity contribution in [2.75, 3.05) is 6.61 Å². The van der Waals surface area contributed by atoms with Crippen molar-refractivity contribution in [3.8, 4) is 5.75 Å². The Morgan fingerprint density at radius 3 is 2.50 bits per heavy atom. The molecule has 3 heteroatoms. The predicted molar refractivity (Wildman–Crippen MR) is 80.0 cm³/mol. The fourth-order valence-electron chi connectivity index (χ4n) is 2.14. The van der Waals surface area contributed by atoms with Crippen LogP contribution in [0.5, 0.6) is 5.75 Å². The highest BCUT2D eigenvalue weighted by Gasteiger charge is 2.26. The molecule has 106 valence electrons. The highest BCUT2D eigenvalue weighted by atomic mass is 16.5. The quantitative estimate of drug-likeness (QED) is 0.927. The Kier molecular flexibility index (Phi) is 4.09. The Hall–Kier alpha value is -1.87. The topological polar surface area (TPSA) is 42.4 Å². The predicted octanol–water partition coefficient (Wildman–Crippen LogP) is 3.35. The van der Waals surface area contributed by atoms with Crippen molar-refractivity contribution in [2.45, 2.75) is 33.3 Å². The summed E-state index contributed by atoms with van der Waals surface area (Å²) >= 11 is 0. The average molecular weight is 271 g/mol. The SMILES string of the molecule is CCOc1cncc(C(C)(O)c2ccc(C)c(C)c2)c1. The lowest BCUT2D eigenvalue weighted by atomic mass is 9.87. The van der Waals surface area contributed by atoms with Crippen molar-refractivity contribution in [1.29, 1.82) is 0 Å². The molecule has 1 heterocycles. The first-order valence-electron chi connectivity index (χ1n) is 6.83. The fraction of sp³-hybridized carbons (Fsp3) is 0.353. The molecule has 1 atom stereocenters. The van der Waals surface area contributed by atoms with Gasteiger partial charge in [-0.2, -0.15) is 0 Å². The molecule has 0 bridgehead atoms. The van der Waals surface area contributed by atoms with Crippen LogP contribution >= 0.6 is 0 Å². The zero-order chi connectivity index (χ0) is 14.8. The second kappa shape index (κ2) is 5.63. The first-order chi connectivity index (χ1) is 9.45. The van der Waals surface area contributed by atoms with Gasteiger partial charge >= 0.3 is 0 Å². The van der Waals surface area contributed by atoms with Crippen molar-refractivity contribution in [1.82, 2.24) is 4.98 Å². The summed E-state index contributed by atoms with van der Waals surface area (Å²) in [4.78, 5) is 4.15. The molecule has 0 aliphatic heterocycles. The van der Waals surface area contributed by atoms with Gasteiger partial charge in [-0.05, 0) is 50.5 Å². The molecular formula is C17H21NO2. The normalized spacial score (nSPS) is 13.8. The number of hydrogen-bond acceptors (Lipinski definition) is 3. The third-order valence-electron chi connectivity index (χ3n) is 3.66. The van der Waals surface area contributed by atoms with Crippen LogP contribution in [0.4, 0.5) is 0 Å². The zero-order valence-electron chi connectivity index (χ0n) is 12.5. The van der Waals surface area contributed by atoms with Crippen molar-refractivity contribution in [3.05, 3.63) is 58.9 Å². The van der Waals surface area contributed by atoms with E-state index in [0.717, 1.165) is 16.7 Å². The van der Waals surface area contributed by atoms with Crippen LogP contribution in [0.1, 0.15) is 36.1 Å². The Morgan fingerprint density at radius 1 is 1.10 bits per heavy atom. The van der Waals surface area contributed by atoms with E-state index in [1.165, 1.54) is 5.56 Å². The number of aryl methyl sites for hydroxylation is 2. The Labute approximate surface area is 120 Å². The van der Waals surface area contributed by atoms with Gasteiger partial charge in [-0.1, -0.05) is 18.2 Å². The van der Waals surface area contributed by atoms with Gasteiger partial charge in [0, 0.05) is 11.8 Å². The Balaban J connectivity index is 2.42. The fourth-order valence-corrected chi connectivity index (χ4v) is 2.14. The molecule has 0 amide bonds. The van der Waals surface area contributed by atoms with Gasteiger partial charge < -0.3 is 9.84 Å². The molecule has 0 saturated carbocycles. The van der Waals surface area contributed by atoms with Crippen LogP contribution in [0.3, 0.4) is 0 Å². The van der Waals surface area contributed by atoms with Crippen LogP contribution in [-0.4, -0.2) is 16.7 Å². The molecule has 2 rings (SSSR count). The Bertz CT molecular complexity index is 606. The summed E-state index contributed by atoms with van der Waals surface area (Å²) in [5.74, 6) is 0.675. The van der Waals surface area contributed by atoms with Crippen molar-refractivity contribution < 1.29 is 9.84 Å². The van der Waals surface area contributed by atoms with Crippen LogP contribution in [0.2, 0.25) is 0 Å². The van der Waals surface area contributed by atoms with Gasteiger partial charge in [0.05, 0.1) is 12.8 Å². The summed E-state index contributed by atoms with van der Waals surface area (Å²) in [6, 6.07) is 7.84. The minimum atomic E-state index is -1.08. The van der Waals surface area contributed by atoms with E-state index in [1.54, 1.807) is 19.3 Å². The third-order valence-corrected chi connectivity index (χ3v) is 3.66. The number of rotatable bonds is 4. The molecule has 3 nitrogen and oxygen atoms in total. The van der Waals surface area contributed by atoms with Crippen LogP contribution in [0.25, 0.3) is 0 Å². The van der Waals surface area contributed by atoms with E-state index < -0.39 is 5.60 Å². The number of aromatic nitrogens is 1. The smallest absolute Gasteiger partial charge is 0.137 e. The summed E-state index contributed by atoms with van der Waals surface area (Å²) in [5.41, 5.74) is 2.88. The van der Waals surface area contributed by atoms with E-state index >= 15 is 0 Å². The number of pyridine rings is 1. The van der Waals surface area contributed by atoms with E-state index in [9.17, 15) is 5.11 Å². The van der Waals surface area contributed by atoms with Crippen LogP contribution < -0.4 is 4.74 Å². The summed E-state index contributed by atoms with van der Waals surface area (Å²) in [5, 5.41) is 10.9. The molecule has 0 fully saturated rings. The number of nitrogens with zero attached hydrogens (tertiary/aromatic N) is 1. The first kappa shape index (κ1) is 14.5. The van der Waals surface area contributed by atoms with Gasteiger partial charge in [0.15, 0.2) is 0 Å². The van der Waals surface area contributed by atoms with Gasteiger partial charge in [-0.3, -0.25) is 4.98 Å². The minimum Gasteiger partial charge on any atom is -0.492 e. The van der Waals surface area contributed by atoms with Crippen molar-refractivity contribution >= 4 is 0 Å². The van der Waals surface area contributed by atoms with Crippen LogP contribution in [-0.2, 0) is 5.60 Å².